The molecule has 3 rings (SSSR count). The van der Waals surface area contributed by atoms with Gasteiger partial charge in [0, 0.05) is 0 Å². The molecule has 2 aromatic rings. The van der Waals surface area contributed by atoms with Crippen LogP contribution in [0.1, 0.15) is 23.4 Å². The number of urea groups is 1. The van der Waals surface area contributed by atoms with Crippen molar-refractivity contribution >= 4 is 22.0 Å². The van der Waals surface area contributed by atoms with E-state index in [0.717, 1.165) is 24.0 Å². The van der Waals surface area contributed by atoms with Crippen molar-refractivity contribution in [2.45, 2.75) is 31.1 Å². The summed E-state index contributed by atoms with van der Waals surface area (Å²) in [5.41, 5.74) is 1.77. The Bertz CT molecular complexity index is 930. The molecule has 0 atom stereocenters. The van der Waals surface area contributed by atoms with E-state index in [1.807, 2.05) is 10.8 Å². The van der Waals surface area contributed by atoms with Crippen LogP contribution in [0.3, 0.4) is 0 Å². The number of ether oxygens (including phenoxy) is 1. The first-order valence-electron chi connectivity index (χ1n) is 7.60. The first-order valence-corrected chi connectivity index (χ1v) is 9.08. The van der Waals surface area contributed by atoms with Gasteiger partial charge in [0.1, 0.15) is 5.82 Å². The summed E-state index contributed by atoms with van der Waals surface area (Å²) in [5.74, 6) is 0.223. The van der Waals surface area contributed by atoms with Gasteiger partial charge >= 0.3 is 12.0 Å². The minimum absolute atomic E-state index is 0.0199. The van der Waals surface area contributed by atoms with Crippen molar-refractivity contribution < 1.29 is 17.9 Å². The number of aromatic nitrogens is 3. The molecule has 0 saturated heterocycles. The van der Waals surface area contributed by atoms with Crippen molar-refractivity contribution in [2.24, 2.45) is 0 Å². The van der Waals surface area contributed by atoms with Gasteiger partial charge in [0.25, 0.3) is 10.0 Å². The predicted molar refractivity (Wildman–Crippen MR) is 88.9 cm³/mol. The van der Waals surface area contributed by atoms with E-state index in [-0.39, 0.29) is 16.9 Å². The van der Waals surface area contributed by atoms with Crippen molar-refractivity contribution in [1.29, 1.82) is 0 Å². The molecular weight excluding hydrogens is 346 g/mol. The summed E-state index contributed by atoms with van der Waals surface area (Å²) in [7, 11) is -2.62. The summed E-state index contributed by atoms with van der Waals surface area (Å²) in [6, 6.07) is 4.14. The van der Waals surface area contributed by atoms with Crippen LogP contribution in [0.15, 0.2) is 23.1 Å². The highest BCUT2D eigenvalue weighted by Gasteiger charge is 2.25. The standard InChI is InChI=1S/C15H17N5O4S/c1-9-16-13(19-15(17-9)24-2)18-14(21)20-25(22,23)12-8-4-6-10-5-3-7-11(10)12/h4,6,8H,3,5,7H2,1-2H3,(H2,16,17,18,19,20,21). The minimum Gasteiger partial charge on any atom is -0.467 e. The third kappa shape index (κ3) is 3.68. The highest BCUT2D eigenvalue weighted by Crippen LogP contribution is 2.28. The van der Waals surface area contributed by atoms with Crippen LogP contribution in [0.25, 0.3) is 0 Å². The second kappa shape index (κ2) is 6.63. The van der Waals surface area contributed by atoms with E-state index in [4.69, 9.17) is 4.74 Å². The van der Waals surface area contributed by atoms with Gasteiger partial charge in [-0.3, -0.25) is 5.32 Å². The predicted octanol–water partition coefficient (Wildman–Crippen LogP) is 1.19. The monoisotopic (exact) mass is 363 g/mol. The molecule has 25 heavy (non-hydrogen) atoms. The number of aryl methyl sites for hydroxylation is 2. The number of carbonyl (C=O) groups excluding carboxylic acids is 1. The normalized spacial score (nSPS) is 13.2. The molecule has 0 spiro atoms. The number of anilines is 1. The summed E-state index contributed by atoms with van der Waals surface area (Å²) >= 11 is 0. The smallest absolute Gasteiger partial charge is 0.335 e. The lowest BCUT2D eigenvalue weighted by atomic mass is 10.1. The van der Waals surface area contributed by atoms with E-state index in [9.17, 15) is 13.2 Å². The third-order valence-electron chi connectivity index (χ3n) is 3.75. The Kier molecular flexibility index (Phi) is 4.53. The fraction of sp³-hybridized carbons (Fsp3) is 0.333. The lowest BCUT2D eigenvalue weighted by Crippen LogP contribution is -2.35. The van der Waals surface area contributed by atoms with Crippen molar-refractivity contribution in [3.05, 3.63) is 35.2 Å². The van der Waals surface area contributed by atoms with E-state index < -0.39 is 16.1 Å². The molecule has 132 valence electrons. The van der Waals surface area contributed by atoms with Gasteiger partial charge in [0.2, 0.25) is 5.95 Å². The Morgan fingerprint density at radius 3 is 2.76 bits per heavy atom. The number of fused-ring (bicyclic) bond motifs is 1. The van der Waals surface area contributed by atoms with Gasteiger partial charge in [-0.05, 0) is 43.4 Å². The molecular formula is C15H17N5O4S. The maximum absolute atomic E-state index is 12.5. The van der Waals surface area contributed by atoms with Crippen molar-refractivity contribution in [3.8, 4) is 6.01 Å². The number of hydrogen-bond acceptors (Lipinski definition) is 7. The number of sulfonamides is 1. The number of rotatable bonds is 4. The zero-order valence-corrected chi connectivity index (χ0v) is 14.6. The van der Waals surface area contributed by atoms with Crippen LogP contribution >= 0.6 is 0 Å². The lowest BCUT2D eigenvalue weighted by molar-refractivity contribution is 0.256. The molecule has 0 bridgehead atoms. The number of nitrogens with one attached hydrogen (secondary N) is 2. The van der Waals surface area contributed by atoms with Crippen LogP contribution in [-0.4, -0.2) is 36.5 Å². The molecule has 0 unspecified atom stereocenters. The topological polar surface area (TPSA) is 123 Å². The van der Waals surface area contributed by atoms with E-state index >= 15 is 0 Å². The zero-order valence-electron chi connectivity index (χ0n) is 13.7. The Labute approximate surface area is 144 Å². The molecule has 0 radical (unpaired) electrons. The van der Waals surface area contributed by atoms with Crippen molar-refractivity contribution in [3.63, 3.8) is 0 Å². The largest absolute Gasteiger partial charge is 0.467 e. The number of nitrogens with zero attached hydrogens (tertiary/aromatic N) is 3. The Morgan fingerprint density at radius 2 is 2.00 bits per heavy atom. The van der Waals surface area contributed by atoms with Crippen LogP contribution in [0.2, 0.25) is 0 Å². The van der Waals surface area contributed by atoms with Gasteiger partial charge in [0.05, 0.1) is 12.0 Å². The lowest BCUT2D eigenvalue weighted by Gasteiger charge is -2.11. The molecule has 2 N–H and O–H groups in total. The summed E-state index contributed by atoms with van der Waals surface area (Å²) in [6.07, 6.45) is 2.42. The third-order valence-corrected chi connectivity index (χ3v) is 5.17. The molecule has 9 nitrogen and oxygen atoms in total. The maximum atomic E-state index is 12.5. The molecule has 1 aromatic heterocycles. The Morgan fingerprint density at radius 1 is 1.20 bits per heavy atom. The van der Waals surface area contributed by atoms with Gasteiger partial charge in [-0.1, -0.05) is 12.1 Å². The van der Waals surface area contributed by atoms with E-state index in [1.54, 1.807) is 13.0 Å². The number of benzene rings is 1. The van der Waals surface area contributed by atoms with Crippen molar-refractivity contribution in [2.75, 3.05) is 12.4 Å². The average molecular weight is 363 g/mol. The molecule has 10 heteroatoms. The van der Waals surface area contributed by atoms with Crippen molar-refractivity contribution in [1.82, 2.24) is 19.7 Å². The minimum atomic E-state index is -4.00. The summed E-state index contributed by atoms with van der Waals surface area (Å²) in [6.45, 7) is 1.59. The zero-order chi connectivity index (χ0) is 18.0. The van der Waals surface area contributed by atoms with E-state index in [1.165, 1.54) is 13.2 Å². The summed E-state index contributed by atoms with van der Waals surface area (Å²) in [5, 5.41) is 2.28. The van der Waals surface area contributed by atoms with Crippen LogP contribution in [-0.2, 0) is 22.9 Å². The van der Waals surface area contributed by atoms with Gasteiger partial charge in [-0.15, -0.1) is 0 Å². The van der Waals surface area contributed by atoms with E-state index in [2.05, 4.69) is 20.3 Å². The van der Waals surface area contributed by atoms with Gasteiger partial charge < -0.3 is 4.74 Å². The van der Waals surface area contributed by atoms with Gasteiger partial charge in [-0.25, -0.2) is 17.9 Å². The SMILES string of the molecule is COc1nc(C)nc(NC(=O)NS(=O)(=O)c2cccc3c2CCC3)n1. The molecule has 1 aliphatic carbocycles. The number of carbonyl (C=O) groups is 1. The highest BCUT2D eigenvalue weighted by atomic mass is 32.2. The van der Waals surface area contributed by atoms with E-state index in [0.29, 0.717) is 12.2 Å². The average Bonchev–Trinajstić information content (AvgIpc) is 3.01. The Hall–Kier alpha value is -2.75. The fourth-order valence-corrected chi connectivity index (χ4v) is 3.97. The maximum Gasteiger partial charge on any atom is 0.335 e. The first kappa shape index (κ1) is 17.1. The molecule has 1 heterocycles. The molecule has 1 aromatic carbocycles. The molecule has 0 fully saturated rings. The molecule has 2 amide bonds. The molecule has 0 aliphatic heterocycles. The summed E-state index contributed by atoms with van der Waals surface area (Å²) < 4.78 is 31.9. The molecule has 0 saturated carbocycles. The van der Waals surface area contributed by atoms with Crippen LogP contribution in [0.5, 0.6) is 6.01 Å². The second-order valence-electron chi connectivity index (χ2n) is 5.50. The van der Waals surface area contributed by atoms with Crippen LogP contribution in [0, 0.1) is 6.92 Å². The van der Waals surface area contributed by atoms with Crippen LogP contribution < -0.4 is 14.8 Å². The number of methoxy groups -OCH3 is 1. The first-order chi connectivity index (χ1) is 11.9. The van der Waals surface area contributed by atoms with Crippen LogP contribution in [0.4, 0.5) is 10.7 Å². The van der Waals surface area contributed by atoms with Gasteiger partial charge in [-0.2, -0.15) is 15.0 Å². The molecule has 1 aliphatic rings. The fourth-order valence-electron chi connectivity index (χ4n) is 2.74. The second-order valence-corrected chi connectivity index (χ2v) is 7.15. The van der Waals surface area contributed by atoms with Gasteiger partial charge in [0.15, 0.2) is 0 Å². The quantitative estimate of drug-likeness (QED) is 0.836. The number of amides is 2. The highest BCUT2D eigenvalue weighted by molar-refractivity contribution is 7.90. The Balaban J connectivity index is 1.79. The number of hydrogen-bond donors (Lipinski definition) is 2. The summed E-state index contributed by atoms with van der Waals surface area (Å²) in [4.78, 5) is 23.8.